The predicted molar refractivity (Wildman–Crippen MR) is 59.5 cm³/mol. The molecule has 0 spiro atoms. The van der Waals surface area contributed by atoms with E-state index in [-0.39, 0.29) is 0 Å². The van der Waals surface area contributed by atoms with Crippen LogP contribution in [0.1, 0.15) is 5.56 Å². The highest BCUT2D eigenvalue weighted by Crippen LogP contribution is 2.26. The largest absolute Gasteiger partial charge is 0.493 e. The first kappa shape index (κ1) is 11.6. The summed E-state index contributed by atoms with van der Waals surface area (Å²) < 4.78 is 10.1. The summed E-state index contributed by atoms with van der Waals surface area (Å²) >= 11 is 0. The van der Waals surface area contributed by atoms with Crippen molar-refractivity contribution in [1.82, 2.24) is 0 Å². The molecule has 2 N–H and O–H groups in total. The molecule has 4 nitrogen and oxygen atoms in total. The van der Waals surface area contributed by atoms with Gasteiger partial charge >= 0.3 is 7.12 Å². The molecule has 0 aromatic heterocycles. The molecule has 0 aliphatic heterocycles. The zero-order valence-corrected chi connectivity index (χ0v) is 8.73. The molecule has 0 radical (unpaired) electrons. The maximum atomic E-state index is 9.13. The van der Waals surface area contributed by atoms with Crippen molar-refractivity contribution in [2.45, 2.75) is 0 Å². The third-order valence-corrected chi connectivity index (χ3v) is 2.09. The van der Waals surface area contributed by atoms with Crippen LogP contribution in [0.3, 0.4) is 0 Å². The average Bonchev–Trinajstić information content (AvgIpc) is 2.26. The molecule has 5 heteroatoms. The lowest BCUT2D eigenvalue weighted by Gasteiger charge is -2.12. The molecule has 0 aliphatic rings. The van der Waals surface area contributed by atoms with Crippen LogP contribution in [0.15, 0.2) is 18.7 Å². The molecule has 1 aromatic carbocycles. The van der Waals surface area contributed by atoms with Gasteiger partial charge in [0.05, 0.1) is 14.2 Å². The number of benzene rings is 1. The van der Waals surface area contributed by atoms with Gasteiger partial charge in [-0.3, -0.25) is 0 Å². The lowest BCUT2D eigenvalue weighted by atomic mass is 9.76. The Labute approximate surface area is 88.9 Å². The summed E-state index contributed by atoms with van der Waals surface area (Å²) in [6, 6.07) is 3.15. The topological polar surface area (TPSA) is 58.9 Å². The summed E-state index contributed by atoms with van der Waals surface area (Å²) in [5.41, 5.74) is 0.935. The number of methoxy groups -OCH3 is 2. The second-order valence-electron chi connectivity index (χ2n) is 2.91. The summed E-state index contributed by atoms with van der Waals surface area (Å²) in [6.07, 6.45) is 1.52. The fraction of sp³-hybridized carbons (Fsp3) is 0.200. The first-order chi connectivity index (χ1) is 7.13. The lowest BCUT2D eigenvalue weighted by molar-refractivity contribution is 0.354. The highest BCUT2D eigenvalue weighted by Gasteiger charge is 2.18. The van der Waals surface area contributed by atoms with Crippen LogP contribution in [0.2, 0.25) is 0 Å². The first-order valence-corrected chi connectivity index (χ1v) is 4.38. The van der Waals surface area contributed by atoms with Crippen molar-refractivity contribution in [3.8, 4) is 11.5 Å². The minimum atomic E-state index is -1.56. The van der Waals surface area contributed by atoms with Gasteiger partial charge in [0.1, 0.15) is 0 Å². The van der Waals surface area contributed by atoms with Crippen molar-refractivity contribution in [2.75, 3.05) is 14.2 Å². The molecule has 0 heterocycles. The number of rotatable bonds is 4. The maximum Gasteiger partial charge on any atom is 0.489 e. The van der Waals surface area contributed by atoms with Crippen molar-refractivity contribution in [1.29, 1.82) is 0 Å². The quantitative estimate of drug-likeness (QED) is 0.685. The van der Waals surface area contributed by atoms with Crippen molar-refractivity contribution >= 4 is 18.7 Å². The van der Waals surface area contributed by atoms with Crippen molar-refractivity contribution < 1.29 is 19.5 Å². The molecule has 0 fully saturated rings. The standard InChI is InChI=1S/C10H13BO4/c1-4-7-5-9(14-2)10(15-3)6-8(7)11(12)13/h4-6,12-13H,1H2,2-3H3. The highest BCUT2D eigenvalue weighted by molar-refractivity contribution is 6.59. The van der Waals surface area contributed by atoms with Crippen LogP contribution in [0.4, 0.5) is 0 Å². The smallest absolute Gasteiger partial charge is 0.489 e. The molecular weight excluding hydrogens is 195 g/mol. The summed E-state index contributed by atoms with van der Waals surface area (Å²) in [4.78, 5) is 0. The zero-order valence-electron chi connectivity index (χ0n) is 8.73. The Bertz CT molecular complexity index is 363. The summed E-state index contributed by atoms with van der Waals surface area (Å²) in [5.74, 6) is 0.975. The van der Waals surface area contributed by atoms with Gasteiger partial charge in [-0.2, -0.15) is 0 Å². The fourth-order valence-electron chi connectivity index (χ4n) is 1.31. The third-order valence-electron chi connectivity index (χ3n) is 2.09. The molecule has 0 saturated heterocycles. The van der Waals surface area contributed by atoms with Crippen LogP contribution >= 0.6 is 0 Å². The Morgan fingerprint density at radius 1 is 1.20 bits per heavy atom. The van der Waals surface area contributed by atoms with E-state index < -0.39 is 7.12 Å². The molecule has 0 saturated carbocycles. The van der Waals surface area contributed by atoms with Gasteiger partial charge in [0.15, 0.2) is 11.5 Å². The summed E-state index contributed by atoms with van der Waals surface area (Å²) in [6.45, 7) is 3.59. The predicted octanol–water partition coefficient (Wildman–Crippen LogP) is 0.0266. The van der Waals surface area contributed by atoms with Crippen molar-refractivity contribution in [2.24, 2.45) is 0 Å². The Balaban J connectivity index is 3.34. The number of hydrogen-bond donors (Lipinski definition) is 2. The lowest BCUT2D eigenvalue weighted by Crippen LogP contribution is -2.32. The minimum Gasteiger partial charge on any atom is -0.493 e. The second-order valence-corrected chi connectivity index (χ2v) is 2.91. The van der Waals surface area contributed by atoms with E-state index in [4.69, 9.17) is 19.5 Å². The zero-order chi connectivity index (χ0) is 11.4. The van der Waals surface area contributed by atoms with E-state index in [9.17, 15) is 0 Å². The molecule has 0 bridgehead atoms. The van der Waals surface area contributed by atoms with Crippen LogP contribution in [0, 0.1) is 0 Å². The normalized spacial score (nSPS) is 9.60. The van der Waals surface area contributed by atoms with E-state index in [1.807, 2.05) is 0 Å². The minimum absolute atomic E-state index is 0.336. The molecule has 15 heavy (non-hydrogen) atoms. The van der Waals surface area contributed by atoms with E-state index >= 15 is 0 Å². The van der Waals surface area contributed by atoms with Gasteiger partial charge in [-0.15, -0.1) is 0 Å². The van der Waals surface area contributed by atoms with Gasteiger partial charge in [-0.05, 0) is 23.2 Å². The Kier molecular flexibility index (Phi) is 3.77. The number of hydrogen-bond acceptors (Lipinski definition) is 4. The van der Waals surface area contributed by atoms with Crippen molar-refractivity contribution in [3.05, 3.63) is 24.3 Å². The molecule has 0 amide bonds. The first-order valence-electron chi connectivity index (χ1n) is 4.38. The molecular formula is C10H13BO4. The summed E-state index contributed by atoms with van der Waals surface area (Å²) in [7, 11) is 1.44. The van der Waals surface area contributed by atoms with E-state index in [1.165, 1.54) is 26.4 Å². The molecule has 80 valence electrons. The fourth-order valence-corrected chi connectivity index (χ4v) is 1.31. The van der Waals surface area contributed by atoms with Crippen LogP contribution < -0.4 is 14.9 Å². The van der Waals surface area contributed by atoms with Crippen molar-refractivity contribution in [3.63, 3.8) is 0 Å². The maximum absolute atomic E-state index is 9.13. The number of ether oxygens (including phenoxy) is 2. The van der Waals surface area contributed by atoms with Gasteiger partial charge in [0, 0.05) is 0 Å². The SMILES string of the molecule is C=Cc1cc(OC)c(OC)cc1B(O)O. The Morgan fingerprint density at radius 2 is 1.73 bits per heavy atom. The highest BCUT2D eigenvalue weighted by atomic mass is 16.5. The molecule has 0 aliphatic carbocycles. The van der Waals surface area contributed by atoms with Gasteiger partial charge in [-0.1, -0.05) is 12.7 Å². The van der Waals surface area contributed by atoms with Gasteiger partial charge in [-0.25, -0.2) is 0 Å². The molecule has 0 unspecified atom stereocenters. The molecule has 1 rings (SSSR count). The van der Waals surface area contributed by atoms with E-state index in [2.05, 4.69) is 6.58 Å². The Hall–Kier alpha value is -1.46. The van der Waals surface area contributed by atoms with Crippen LogP contribution in [-0.2, 0) is 0 Å². The average molecular weight is 208 g/mol. The Morgan fingerprint density at radius 3 is 2.13 bits per heavy atom. The summed E-state index contributed by atoms with van der Waals surface area (Å²) in [5, 5.41) is 18.3. The molecule has 1 aromatic rings. The van der Waals surface area contributed by atoms with Gasteiger partial charge in [0.2, 0.25) is 0 Å². The molecule has 0 atom stereocenters. The van der Waals surface area contributed by atoms with E-state index in [0.717, 1.165) is 0 Å². The van der Waals surface area contributed by atoms with Crippen LogP contribution in [-0.4, -0.2) is 31.4 Å². The van der Waals surface area contributed by atoms with E-state index in [0.29, 0.717) is 22.5 Å². The monoisotopic (exact) mass is 208 g/mol. The van der Waals surface area contributed by atoms with Gasteiger partial charge in [0.25, 0.3) is 0 Å². The van der Waals surface area contributed by atoms with E-state index in [1.54, 1.807) is 6.07 Å². The van der Waals surface area contributed by atoms with Gasteiger partial charge < -0.3 is 19.5 Å². The third kappa shape index (κ3) is 2.32. The second kappa shape index (κ2) is 4.86. The van der Waals surface area contributed by atoms with Crippen LogP contribution in [0.5, 0.6) is 11.5 Å². The van der Waals surface area contributed by atoms with Crippen LogP contribution in [0.25, 0.3) is 6.08 Å².